The van der Waals surface area contributed by atoms with Crippen molar-refractivity contribution < 1.29 is 14.3 Å². The Kier molecular flexibility index (Phi) is 4.37. The summed E-state index contributed by atoms with van der Waals surface area (Å²) in [6, 6.07) is 21.3. The SMILES string of the molecule is O=C(C=C(O)c1ncn[nH]1)c1ccc(-c2ccc(-c3ccccc3)cc2)o1. The predicted molar refractivity (Wildman–Crippen MR) is 101 cm³/mol. The molecule has 0 amide bonds. The van der Waals surface area contributed by atoms with E-state index in [2.05, 4.69) is 15.2 Å². The van der Waals surface area contributed by atoms with Gasteiger partial charge in [-0.1, -0.05) is 54.6 Å². The lowest BCUT2D eigenvalue weighted by Crippen LogP contribution is -1.95. The zero-order chi connectivity index (χ0) is 18.6. The number of rotatable bonds is 5. The van der Waals surface area contributed by atoms with Crippen LogP contribution in [0.25, 0.3) is 28.2 Å². The van der Waals surface area contributed by atoms with Gasteiger partial charge in [0.05, 0.1) is 0 Å². The number of benzene rings is 2. The van der Waals surface area contributed by atoms with Crippen LogP contribution in [0.2, 0.25) is 0 Å². The van der Waals surface area contributed by atoms with Gasteiger partial charge in [-0.05, 0) is 23.3 Å². The van der Waals surface area contributed by atoms with E-state index in [-0.39, 0.29) is 17.3 Å². The van der Waals surface area contributed by atoms with Crippen LogP contribution in [0, 0.1) is 0 Å². The van der Waals surface area contributed by atoms with E-state index in [1.54, 1.807) is 12.1 Å². The number of ketones is 1. The lowest BCUT2D eigenvalue weighted by atomic mass is 10.0. The summed E-state index contributed by atoms with van der Waals surface area (Å²) >= 11 is 0. The molecule has 0 bridgehead atoms. The minimum absolute atomic E-state index is 0.117. The Morgan fingerprint density at radius 2 is 1.63 bits per heavy atom. The summed E-state index contributed by atoms with van der Waals surface area (Å²) in [5.41, 5.74) is 3.09. The number of H-pyrrole nitrogens is 1. The van der Waals surface area contributed by atoms with Crippen LogP contribution in [0.15, 0.2) is 83.6 Å². The second kappa shape index (κ2) is 7.13. The van der Waals surface area contributed by atoms with E-state index in [1.807, 2.05) is 54.6 Å². The minimum Gasteiger partial charge on any atom is -0.504 e. The third kappa shape index (κ3) is 3.55. The molecule has 27 heavy (non-hydrogen) atoms. The first-order valence-electron chi connectivity index (χ1n) is 8.27. The molecule has 4 rings (SSSR count). The van der Waals surface area contributed by atoms with E-state index in [1.165, 1.54) is 6.33 Å². The normalized spacial score (nSPS) is 11.5. The average molecular weight is 357 g/mol. The number of aliphatic hydroxyl groups is 1. The summed E-state index contributed by atoms with van der Waals surface area (Å²) in [6.07, 6.45) is 2.29. The van der Waals surface area contributed by atoms with E-state index >= 15 is 0 Å². The Bertz CT molecular complexity index is 1080. The van der Waals surface area contributed by atoms with Crippen molar-refractivity contribution in [1.29, 1.82) is 0 Å². The number of aromatic nitrogens is 3. The van der Waals surface area contributed by atoms with Gasteiger partial charge in [0.1, 0.15) is 12.1 Å². The number of furan rings is 1. The molecule has 0 atom stereocenters. The number of hydrogen-bond acceptors (Lipinski definition) is 5. The van der Waals surface area contributed by atoms with Gasteiger partial charge in [-0.2, -0.15) is 5.10 Å². The number of hydrogen-bond donors (Lipinski definition) is 2. The van der Waals surface area contributed by atoms with Crippen LogP contribution in [0.5, 0.6) is 0 Å². The summed E-state index contributed by atoms with van der Waals surface area (Å²) in [5.74, 6) is 0.0547. The maximum absolute atomic E-state index is 12.2. The molecular weight excluding hydrogens is 342 g/mol. The molecule has 2 N–H and O–H groups in total. The molecule has 6 heteroatoms. The minimum atomic E-state index is -0.462. The Morgan fingerprint density at radius 1 is 0.926 bits per heavy atom. The molecule has 0 fully saturated rings. The first-order valence-corrected chi connectivity index (χ1v) is 8.27. The Balaban J connectivity index is 1.54. The van der Waals surface area contributed by atoms with Gasteiger partial charge in [0.15, 0.2) is 17.3 Å². The molecule has 0 spiro atoms. The molecular formula is C21H15N3O3. The number of carbonyl (C=O) groups is 1. The van der Waals surface area contributed by atoms with E-state index in [0.29, 0.717) is 5.76 Å². The number of aliphatic hydroxyl groups excluding tert-OH is 1. The van der Waals surface area contributed by atoms with Crippen molar-refractivity contribution in [2.45, 2.75) is 0 Å². The van der Waals surface area contributed by atoms with Crippen LogP contribution in [0.4, 0.5) is 0 Å². The highest BCUT2D eigenvalue weighted by Crippen LogP contribution is 2.26. The van der Waals surface area contributed by atoms with Crippen LogP contribution in [-0.4, -0.2) is 26.1 Å². The fraction of sp³-hybridized carbons (Fsp3) is 0. The molecule has 0 radical (unpaired) electrons. The van der Waals surface area contributed by atoms with Crippen LogP contribution in [0.1, 0.15) is 16.4 Å². The van der Waals surface area contributed by atoms with E-state index in [0.717, 1.165) is 22.8 Å². The van der Waals surface area contributed by atoms with E-state index in [4.69, 9.17) is 4.42 Å². The van der Waals surface area contributed by atoms with Crippen LogP contribution in [0.3, 0.4) is 0 Å². The largest absolute Gasteiger partial charge is 0.504 e. The zero-order valence-corrected chi connectivity index (χ0v) is 14.2. The molecule has 0 saturated carbocycles. The second-order valence-corrected chi connectivity index (χ2v) is 5.84. The van der Waals surface area contributed by atoms with Crippen molar-refractivity contribution in [2.24, 2.45) is 0 Å². The molecule has 0 aliphatic carbocycles. The quantitative estimate of drug-likeness (QED) is 0.311. The molecule has 0 unspecified atom stereocenters. The molecule has 2 aromatic carbocycles. The fourth-order valence-corrected chi connectivity index (χ4v) is 2.68. The summed E-state index contributed by atoms with van der Waals surface area (Å²) in [7, 11) is 0. The maximum atomic E-state index is 12.2. The molecule has 0 saturated heterocycles. The summed E-state index contributed by atoms with van der Waals surface area (Å²) < 4.78 is 5.64. The molecule has 132 valence electrons. The third-order valence-electron chi connectivity index (χ3n) is 4.05. The van der Waals surface area contributed by atoms with Gasteiger partial charge in [0, 0.05) is 11.6 Å². The Hall–Kier alpha value is -3.93. The summed E-state index contributed by atoms with van der Waals surface area (Å²) in [4.78, 5) is 16.0. The number of carbonyl (C=O) groups excluding carboxylic acids is 1. The molecule has 4 aromatic rings. The monoisotopic (exact) mass is 357 g/mol. The van der Waals surface area contributed by atoms with Gasteiger partial charge in [0.2, 0.25) is 5.78 Å². The van der Waals surface area contributed by atoms with Crippen molar-refractivity contribution in [2.75, 3.05) is 0 Å². The first kappa shape index (κ1) is 16.5. The summed E-state index contributed by atoms with van der Waals surface area (Å²) in [5, 5.41) is 16.0. The van der Waals surface area contributed by atoms with Crippen LogP contribution < -0.4 is 0 Å². The topological polar surface area (TPSA) is 92.0 Å². The van der Waals surface area contributed by atoms with Crippen molar-refractivity contribution in [3.8, 4) is 22.5 Å². The smallest absolute Gasteiger partial charge is 0.224 e. The zero-order valence-electron chi connectivity index (χ0n) is 14.2. The van der Waals surface area contributed by atoms with Gasteiger partial charge in [0.25, 0.3) is 0 Å². The lowest BCUT2D eigenvalue weighted by Gasteiger charge is -2.02. The standard InChI is InChI=1S/C21H15N3O3/c25-17(12-18(26)21-22-13-23-24-21)20-11-10-19(27-20)16-8-6-15(7-9-16)14-4-2-1-3-5-14/h1-13,26H,(H,22,23,24). The van der Waals surface area contributed by atoms with E-state index in [9.17, 15) is 9.90 Å². The van der Waals surface area contributed by atoms with Crippen molar-refractivity contribution in [3.05, 3.63) is 90.7 Å². The van der Waals surface area contributed by atoms with Crippen LogP contribution >= 0.6 is 0 Å². The van der Waals surface area contributed by atoms with Crippen LogP contribution in [-0.2, 0) is 0 Å². The molecule has 0 aliphatic rings. The lowest BCUT2D eigenvalue weighted by molar-refractivity contribution is 0.102. The van der Waals surface area contributed by atoms with Gasteiger partial charge in [-0.15, -0.1) is 0 Å². The maximum Gasteiger partial charge on any atom is 0.224 e. The van der Waals surface area contributed by atoms with Crippen molar-refractivity contribution in [1.82, 2.24) is 15.2 Å². The highest BCUT2D eigenvalue weighted by atomic mass is 16.3. The first-order chi connectivity index (χ1) is 13.2. The highest BCUT2D eigenvalue weighted by Gasteiger charge is 2.13. The molecule has 2 aromatic heterocycles. The molecule has 0 aliphatic heterocycles. The van der Waals surface area contributed by atoms with E-state index < -0.39 is 5.78 Å². The Morgan fingerprint density at radius 3 is 2.33 bits per heavy atom. The third-order valence-corrected chi connectivity index (χ3v) is 4.05. The number of nitrogens with one attached hydrogen (secondary N) is 1. The van der Waals surface area contributed by atoms with Gasteiger partial charge in [-0.25, -0.2) is 4.98 Å². The molecule has 2 heterocycles. The predicted octanol–water partition coefficient (Wildman–Crippen LogP) is 4.51. The second-order valence-electron chi connectivity index (χ2n) is 5.84. The van der Waals surface area contributed by atoms with Gasteiger partial charge >= 0.3 is 0 Å². The van der Waals surface area contributed by atoms with Gasteiger partial charge < -0.3 is 9.52 Å². The Labute approximate surface area is 154 Å². The number of aromatic amines is 1. The van der Waals surface area contributed by atoms with Crippen molar-refractivity contribution in [3.63, 3.8) is 0 Å². The summed E-state index contributed by atoms with van der Waals surface area (Å²) in [6.45, 7) is 0. The average Bonchev–Trinajstić information content (AvgIpc) is 3.41. The highest BCUT2D eigenvalue weighted by molar-refractivity contribution is 6.05. The molecule has 6 nitrogen and oxygen atoms in total. The fourth-order valence-electron chi connectivity index (χ4n) is 2.68. The number of allylic oxidation sites excluding steroid dienone is 1. The van der Waals surface area contributed by atoms with Gasteiger partial charge in [-0.3, -0.25) is 9.89 Å². The number of nitrogens with zero attached hydrogens (tertiary/aromatic N) is 2. The van der Waals surface area contributed by atoms with Crippen molar-refractivity contribution >= 4 is 11.5 Å².